The number of anilines is 1. The molecule has 5 nitrogen and oxygen atoms in total. The van der Waals surface area contributed by atoms with E-state index >= 15 is 0 Å². The van der Waals surface area contributed by atoms with Crippen molar-refractivity contribution in [3.8, 4) is 5.75 Å². The van der Waals surface area contributed by atoms with E-state index in [2.05, 4.69) is 19.2 Å². The summed E-state index contributed by atoms with van der Waals surface area (Å²) >= 11 is 0. The fourth-order valence-corrected chi connectivity index (χ4v) is 4.68. The number of esters is 1. The lowest BCUT2D eigenvalue weighted by molar-refractivity contribution is 0.0497. The van der Waals surface area contributed by atoms with Gasteiger partial charge in [-0.05, 0) is 61.4 Å². The summed E-state index contributed by atoms with van der Waals surface area (Å²) < 4.78 is 11.2. The highest BCUT2D eigenvalue weighted by molar-refractivity contribution is 6.04. The number of nitrogens with one attached hydrogen (secondary N) is 1. The number of hydrogen-bond donors (Lipinski definition) is 1. The van der Waals surface area contributed by atoms with Crippen molar-refractivity contribution in [3.05, 3.63) is 59.7 Å². The molecule has 0 saturated carbocycles. The largest absolute Gasteiger partial charge is 0.494 e. The summed E-state index contributed by atoms with van der Waals surface area (Å²) in [6.07, 6.45) is 21.3. The highest BCUT2D eigenvalue weighted by atomic mass is 16.5. The van der Waals surface area contributed by atoms with Crippen molar-refractivity contribution >= 4 is 17.6 Å². The standard InChI is InChI=1S/C35H53NO4/c1-3-5-7-9-11-12-13-14-15-17-19-29-40-35(38)31-20-24-32(25-21-31)36-34(37)30-22-26-33(27-23-30)39-28-18-16-10-8-6-4-2/h20-27H,3-19,28-29H2,1-2H3,(H,36,37). The molecule has 5 heteroatoms. The van der Waals surface area contributed by atoms with Gasteiger partial charge < -0.3 is 14.8 Å². The SMILES string of the molecule is CCCCCCCCCCCCCOC(=O)c1ccc(NC(=O)c2ccc(OCCCCCCCC)cc2)cc1. The molecule has 0 spiro atoms. The highest BCUT2D eigenvalue weighted by Crippen LogP contribution is 2.17. The second kappa shape index (κ2) is 21.9. The fourth-order valence-electron chi connectivity index (χ4n) is 4.68. The van der Waals surface area contributed by atoms with Gasteiger partial charge >= 0.3 is 5.97 Å². The maximum Gasteiger partial charge on any atom is 0.338 e. The molecule has 1 N–H and O–H groups in total. The summed E-state index contributed by atoms with van der Waals surface area (Å²) in [7, 11) is 0. The molecule has 222 valence electrons. The summed E-state index contributed by atoms with van der Waals surface area (Å²) in [5.41, 5.74) is 1.69. The molecule has 0 saturated heterocycles. The van der Waals surface area contributed by atoms with Crippen molar-refractivity contribution in [1.82, 2.24) is 0 Å². The monoisotopic (exact) mass is 551 g/mol. The van der Waals surface area contributed by atoms with Gasteiger partial charge in [0.2, 0.25) is 0 Å². The van der Waals surface area contributed by atoms with Gasteiger partial charge in [0.25, 0.3) is 5.91 Å². The normalized spacial score (nSPS) is 10.8. The van der Waals surface area contributed by atoms with Gasteiger partial charge in [0, 0.05) is 11.3 Å². The molecule has 0 aliphatic heterocycles. The number of ether oxygens (including phenoxy) is 2. The van der Waals surface area contributed by atoms with Crippen LogP contribution in [0.2, 0.25) is 0 Å². The lowest BCUT2D eigenvalue weighted by atomic mass is 10.1. The maximum atomic E-state index is 12.6. The van der Waals surface area contributed by atoms with Crippen molar-refractivity contribution in [1.29, 1.82) is 0 Å². The predicted octanol–water partition coefficient (Wildman–Crippen LogP) is 10.1. The molecule has 2 aromatic rings. The molecule has 0 aromatic heterocycles. The first kappa shape index (κ1) is 33.4. The average molecular weight is 552 g/mol. The lowest BCUT2D eigenvalue weighted by Gasteiger charge is -2.09. The number of amides is 1. The smallest absolute Gasteiger partial charge is 0.338 e. The summed E-state index contributed by atoms with van der Waals surface area (Å²) in [5.74, 6) is 0.261. The highest BCUT2D eigenvalue weighted by Gasteiger charge is 2.10. The molecular formula is C35H53NO4. The number of carbonyl (C=O) groups excluding carboxylic acids is 2. The van der Waals surface area contributed by atoms with Crippen molar-refractivity contribution in [2.75, 3.05) is 18.5 Å². The van der Waals surface area contributed by atoms with Gasteiger partial charge in [-0.15, -0.1) is 0 Å². The zero-order valence-corrected chi connectivity index (χ0v) is 25.2. The Morgan fingerprint density at radius 1 is 0.550 bits per heavy atom. The third kappa shape index (κ3) is 15.1. The van der Waals surface area contributed by atoms with Gasteiger partial charge in [0.15, 0.2) is 0 Å². The predicted molar refractivity (Wildman–Crippen MR) is 166 cm³/mol. The Hall–Kier alpha value is -2.82. The molecular weight excluding hydrogens is 498 g/mol. The number of unbranched alkanes of at least 4 members (excludes halogenated alkanes) is 15. The van der Waals surface area contributed by atoms with Crippen LogP contribution in [0.4, 0.5) is 5.69 Å². The Balaban J connectivity index is 1.58. The van der Waals surface area contributed by atoms with Crippen molar-refractivity contribution in [2.45, 2.75) is 123 Å². The topological polar surface area (TPSA) is 64.6 Å². The van der Waals surface area contributed by atoms with Gasteiger partial charge in [-0.25, -0.2) is 4.79 Å². The second-order valence-electron chi connectivity index (χ2n) is 10.8. The van der Waals surface area contributed by atoms with E-state index in [4.69, 9.17) is 9.47 Å². The van der Waals surface area contributed by atoms with Crippen LogP contribution in [0.5, 0.6) is 5.75 Å². The molecule has 0 bridgehead atoms. The minimum Gasteiger partial charge on any atom is -0.494 e. The molecule has 0 fully saturated rings. The number of carbonyl (C=O) groups is 2. The minimum absolute atomic E-state index is 0.200. The Morgan fingerprint density at radius 3 is 1.52 bits per heavy atom. The minimum atomic E-state index is -0.318. The fraction of sp³-hybridized carbons (Fsp3) is 0.600. The molecule has 0 aliphatic rings. The molecule has 0 unspecified atom stereocenters. The van der Waals surface area contributed by atoms with E-state index in [-0.39, 0.29) is 11.9 Å². The van der Waals surface area contributed by atoms with E-state index in [0.29, 0.717) is 30.0 Å². The molecule has 0 radical (unpaired) electrons. The van der Waals surface area contributed by atoms with Crippen molar-refractivity contribution in [2.24, 2.45) is 0 Å². The van der Waals surface area contributed by atoms with Crippen LogP contribution in [0.1, 0.15) is 144 Å². The first-order valence-electron chi connectivity index (χ1n) is 16.0. The van der Waals surface area contributed by atoms with Crippen molar-refractivity contribution < 1.29 is 19.1 Å². The maximum absolute atomic E-state index is 12.6. The summed E-state index contributed by atoms with van der Waals surface area (Å²) in [4.78, 5) is 25.0. The van der Waals surface area contributed by atoms with Crippen LogP contribution in [0.3, 0.4) is 0 Å². The summed E-state index contributed by atoms with van der Waals surface area (Å²) in [6.45, 7) is 5.63. The van der Waals surface area contributed by atoms with Gasteiger partial charge in [0.1, 0.15) is 5.75 Å². The van der Waals surface area contributed by atoms with Gasteiger partial charge in [-0.2, -0.15) is 0 Å². The number of benzene rings is 2. The third-order valence-electron chi connectivity index (χ3n) is 7.24. The van der Waals surface area contributed by atoms with Crippen LogP contribution in [0.25, 0.3) is 0 Å². The molecule has 40 heavy (non-hydrogen) atoms. The molecule has 2 rings (SSSR count). The number of rotatable bonds is 23. The second-order valence-corrected chi connectivity index (χ2v) is 10.8. The third-order valence-corrected chi connectivity index (χ3v) is 7.24. The van der Waals surface area contributed by atoms with Crippen LogP contribution in [-0.4, -0.2) is 25.1 Å². The lowest BCUT2D eigenvalue weighted by Crippen LogP contribution is -2.12. The quantitative estimate of drug-likeness (QED) is 0.110. The van der Waals surface area contributed by atoms with Crippen LogP contribution in [0, 0.1) is 0 Å². The summed E-state index contributed by atoms with van der Waals surface area (Å²) in [5, 5.41) is 2.88. The molecule has 1 amide bonds. The first-order valence-corrected chi connectivity index (χ1v) is 16.0. The Labute approximate surface area is 243 Å². The van der Waals surface area contributed by atoms with E-state index in [9.17, 15) is 9.59 Å². The molecule has 0 aliphatic carbocycles. The van der Waals surface area contributed by atoms with E-state index < -0.39 is 0 Å². The van der Waals surface area contributed by atoms with Gasteiger partial charge in [0.05, 0.1) is 18.8 Å². The zero-order chi connectivity index (χ0) is 28.7. The van der Waals surface area contributed by atoms with E-state index in [0.717, 1.165) is 25.0 Å². The molecule has 2 aromatic carbocycles. The Bertz CT molecular complexity index is 923. The zero-order valence-electron chi connectivity index (χ0n) is 25.2. The molecule has 0 atom stereocenters. The summed E-state index contributed by atoms with van der Waals surface area (Å²) in [6, 6.07) is 14.1. The molecule has 0 heterocycles. The van der Waals surface area contributed by atoms with Gasteiger partial charge in [-0.3, -0.25) is 4.79 Å². The average Bonchev–Trinajstić information content (AvgIpc) is 2.98. The van der Waals surface area contributed by atoms with Crippen molar-refractivity contribution in [3.63, 3.8) is 0 Å². The number of hydrogen-bond acceptors (Lipinski definition) is 4. The van der Waals surface area contributed by atoms with E-state index in [1.807, 2.05) is 12.1 Å². The van der Waals surface area contributed by atoms with E-state index in [1.54, 1.807) is 36.4 Å². The first-order chi connectivity index (χ1) is 19.6. The Morgan fingerprint density at radius 2 is 1.00 bits per heavy atom. The van der Waals surface area contributed by atoms with Crippen LogP contribution in [0.15, 0.2) is 48.5 Å². The van der Waals surface area contributed by atoms with Gasteiger partial charge in [-0.1, -0.05) is 110 Å². The van der Waals surface area contributed by atoms with Crippen LogP contribution >= 0.6 is 0 Å². The van der Waals surface area contributed by atoms with Crippen LogP contribution < -0.4 is 10.1 Å². The van der Waals surface area contributed by atoms with E-state index in [1.165, 1.54) is 89.9 Å². The van der Waals surface area contributed by atoms with Crippen LogP contribution in [-0.2, 0) is 4.74 Å². The Kier molecular flexibility index (Phi) is 18.3.